The number of aromatic nitrogens is 2. The lowest BCUT2D eigenvalue weighted by Gasteiger charge is -2.08. The van der Waals surface area contributed by atoms with Crippen molar-refractivity contribution in [2.24, 2.45) is 0 Å². The second-order valence-electron chi connectivity index (χ2n) is 3.86. The first-order valence-corrected chi connectivity index (χ1v) is 7.00. The van der Waals surface area contributed by atoms with E-state index in [0.717, 1.165) is 20.6 Å². The quantitative estimate of drug-likeness (QED) is 0.940. The highest BCUT2D eigenvalue weighted by Gasteiger charge is 2.10. The topological polar surface area (TPSA) is 61.6 Å². The van der Waals surface area contributed by atoms with E-state index >= 15 is 0 Å². The highest BCUT2D eigenvalue weighted by atomic mass is 79.9. The molecular formula is C12H11BrN4S. The fraction of sp³-hybridized carbons (Fsp3) is 0.250. The molecule has 2 aromatic rings. The average Bonchev–Trinajstić information content (AvgIpc) is 2.77. The average molecular weight is 323 g/mol. The summed E-state index contributed by atoms with van der Waals surface area (Å²) >= 11 is 5.05. The highest BCUT2D eigenvalue weighted by Crippen LogP contribution is 2.22. The third kappa shape index (κ3) is 2.68. The predicted octanol–water partition coefficient (Wildman–Crippen LogP) is 3.40. The van der Waals surface area contributed by atoms with Gasteiger partial charge in [-0.3, -0.25) is 0 Å². The molecule has 6 heteroatoms. The number of rotatable bonds is 3. The van der Waals surface area contributed by atoms with E-state index in [0.29, 0.717) is 17.9 Å². The maximum absolute atomic E-state index is 9.16. The molecule has 2 rings (SSSR count). The molecule has 0 radical (unpaired) electrons. The molecule has 0 bridgehead atoms. The molecule has 4 nitrogen and oxygen atoms in total. The number of hydrogen-bond acceptors (Lipinski definition) is 5. The zero-order chi connectivity index (χ0) is 13.1. The number of nitrogens with zero attached hydrogens (tertiary/aromatic N) is 3. The minimum Gasteiger partial charge on any atom is -0.363 e. The number of aryl methyl sites for hydroxylation is 1. The summed E-state index contributed by atoms with van der Waals surface area (Å²) in [5.41, 5.74) is 3.38. The van der Waals surface area contributed by atoms with Gasteiger partial charge in [-0.25, -0.2) is 0 Å². The van der Waals surface area contributed by atoms with Gasteiger partial charge in [-0.2, -0.15) is 10.4 Å². The molecule has 0 fully saturated rings. The fourth-order valence-electron chi connectivity index (χ4n) is 1.49. The van der Waals surface area contributed by atoms with E-state index in [9.17, 15) is 0 Å². The number of halogens is 1. The number of nitrogens with one attached hydrogen (secondary N) is 1. The molecule has 0 saturated heterocycles. The van der Waals surface area contributed by atoms with Gasteiger partial charge >= 0.3 is 0 Å². The van der Waals surface area contributed by atoms with E-state index in [1.807, 2.05) is 19.9 Å². The second kappa shape index (κ2) is 5.46. The Kier molecular flexibility index (Phi) is 3.94. The predicted molar refractivity (Wildman–Crippen MR) is 75.6 cm³/mol. The minimum atomic E-state index is 0.544. The Morgan fingerprint density at radius 1 is 1.44 bits per heavy atom. The van der Waals surface area contributed by atoms with Crippen LogP contribution < -0.4 is 5.32 Å². The summed E-state index contributed by atoms with van der Waals surface area (Å²) in [7, 11) is 0. The van der Waals surface area contributed by atoms with Gasteiger partial charge in [-0.05, 0) is 52.4 Å². The number of hydrogen-bond donors (Lipinski definition) is 1. The van der Waals surface area contributed by atoms with Crippen molar-refractivity contribution in [3.8, 4) is 6.07 Å². The molecule has 2 aromatic heterocycles. The summed E-state index contributed by atoms with van der Waals surface area (Å²) in [6, 6.07) is 4.21. The third-order valence-electron chi connectivity index (χ3n) is 2.65. The summed E-state index contributed by atoms with van der Waals surface area (Å²) in [4.78, 5) is 0. The van der Waals surface area contributed by atoms with Gasteiger partial charge in [0.15, 0.2) is 5.82 Å². The van der Waals surface area contributed by atoms with E-state index in [4.69, 9.17) is 5.26 Å². The van der Waals surface area contributed by atoms with Crippen LogP contribution in [0.4, 0.5) is 5.82 Å². The van der Waals surface area contributed by atoms with Crippen LogP contribution in [0, 0.1) is 25.2 Å². The van der Waals surface area contributed by atoms with Crippen LogP contribution in [-0.4, -0.2) is 10.2 Å². The van der Waals surface area contributed by atoms with Gasteiger partial charge in [0.2, 0.25) is 0 Å². The van der Waals surface area contributed by atoms with Crippen LogP contribution in [0.1, 0.15) is 22.4 Å². The standard InChI is InChI=1S/C12H11BrN4S/c1-7-8(2)16-17-12(10(7)4-14)15-5-9-3-11(13)18-6-9/h3,6H,5H2,1-2H3,(H,15,17). The third-order valence-corrected chi connectivity index (χ3v) is 4.20. The van der Waals surface area contributed by atoms with Gasteiger partial charge in [0.25, 0.3) is 0 Å². The van der Waals surface area contributed by atoms with E-state index in [-0.39, 0.29) is 0 Å². The van der Waals surface area contributed by atoms with Crippen LogP contribution in [0.5, 0.6) is 0 Å². The molecule has 0 aromatic carbocycles. The molecule has 0 spiro atoms. The van der Waals surface area contributed by atoms with Crippen LogP contribution in [0.3, 0.4) is 0 Å². The van der Waals surface area contributed by atoms with Crippen molar-refractivity contribution in [3.63, 3.8) is 0 Å². The van der Waals surface area contributed by atoms with Crippen molar-refractivity contribution >= 4 is 33.1 Å². The Morgan fingerprint density at radius 2 is 2.22 bits per heavy atom. The van der Waals surface area contributed by atoms with Crippen molar-refractivity contribution in [3.05, 3.63) is 37.6 Å². The lowest BCUT2D eigenvalue weighted by Crippen LogP contribution is -2.07. The Labute approximate surface area is 118 Å². The Bertz CT molecular complexity index is 615. The lowest BCUT2D eigenvalue weighted by molar-refractivity contribution is 0.941. The molecule has 2 heterocycles. The zero-order valence-electron chi connectivity index (χ0n) is 9.99. The Balaban J connectivity index is 2.20. The highest BCUT2D eigenvalue weighted by molar-refractivity contribution is 9.11. The molecule has 0 aliphatic carbocycles. The zero-order valence-corrected chi connectivity index (χ0v) is 12.4. The summed E-state index contributed by atoms with van der Waals surface area (Å²) < 4.78 is 1.09. The normalized spacial score (nSPS) is 10.1. The number of nitriles is 1. The fourth-order valence-corrected chi connectivity index (χ4v) is 2.70. The SMILES string of the molecule is Cc1nnc(NCc2csc(Br)c2)c(C#N)c1C. The van der Waals surface area contributed by atoms with Crippen molar-refractivity contribution in [2.45, 2.75) is 20.4 Å². The molecule has 92 valence electrons. The number of thiophene rings is 1. The van der Waals surface area contributed by atoms with E-state index in [2.05, 4.69) is 42.9 Å². The monoisotopic (exact) mass is 322 g/mol. The molecule has 0 amide bonds. The van der Waals surface area contributed by atoms with Gasteiger partial charge in [-0.1, -0.05) is 0 Å². The first-order chi connectivity index (χ1) is 8.61. The first kappa shape index (κ1) is 13.0. The van der Waals surface area contributed by atoms with Crippen LogP contribution in [0.2, 0.25) is 0 Å². The molecule has 0 unspecified atom stereocenters. The minimum absolute atomic E-state index is 0.544. The summed E-state index contributed by atoms with van der Waals surface area (Å²) in [6.07, 6.45) is 0. The van der Waals surface area contributed by atoms with Crippen LogP contribution >= 0.6 is 27.3 Å². The van der Waals surface area contributed by atoms with Gasteiger partial charge < -0.3 is 5.32 Å². The molecule has 18 heavy (non-hydrogen) atoms. The smallest absolute Gasteiger partial charge is 0.167 e. The largest absolute Gasteiger partial charge is 0.363 e. The van der Waals surface area contributed by atoms with Crippen LogP contribution in [0.25, 0.3) is 0 Å². The maximum Gasteiger partial charge on any atom is 0.167 e. The van der Waals surface area contributed by atoms with E-state index in [1.54, 1.807) is 11.3 Å². The van der Waals surface area contributed by atoms with Crippen LogP contribution in [-0.2, 0) is 6.54 Å². The van der Waals surface area contributed by atoms with Crippen molar-refractivity contribution in [1.29, 1.82) is 5.26 Å². The van der Waals surface area contributed by atoms with Crippen molar-refractivity contribution in [2.75, 3.05) is 5.32 Å². The first-order valence-electron chi connectivity index (χ1n) is 5.32. The molecule has 0 atom stereocenters. The molecule has 0 aliphatic rings. The second-order valence-corrected chi connectivity index (χ2v) is 6.15. The number of anilines is 1. The van der Waals surface area contributed by atoms with E-state index in [1.165, 1.54) is 0 Å². The van der Waals surface area contributed by atoms with E-state index < -0.39 is 0 Å². The Hall–Kier alpha value is -1.45. The summed E-state index contributed by atoms with van der Waals surface area (Å²) in [5, 5.41) is 22.4. The molecule has 0 saturated carbocycles. The Morgan fingerprint density at radius 3 is 2.83 bits per heavy atom. The molecule has 0 aliphatic heterocycles. The maximum atomic E-state index is 9.16. The molecular weight excluding hydrogens is 312 g/mol. The summed E-state index contributed by atoms with van der Waals surface area (Å²) in [6.45, 7) is 4.37. The van der Waals surface area contributed by atoms with Gasteiger partial charge in [0.1, 0.15) is 11.6 Å². The van der Waals surface area contributed by atoms with Crippen LogP contribution in [0.15, 0.2) is 15.2 Å². The molecule has 1 N–H and O–H groups in total. The van der Waals surface area contributed by atoms with Gasteiger partial charge in [0, 0.05) is 6.54 Å². The lowest BCUT2D eigenvalue weighted by atomic mass is 10.1. The van der Waals surface area contributed by atoms with Crippen molar-refractivity contribution < 1.29 is 0 Å². The summed E-state index contributed by atoms with van der Waals surface area (Å²) in [5.74, 6) is 0.544. The van der Waals surface area contributed by atoms with Crippen molar-refractivity contribution in [1.82, 2.24) is 10.2 Å². The van der Waals surface area contributed by atoms with Gasteiger partial charge in [-0.15, -0.1) is 16.4 Å². The van der Waals surface area contributed by atoms with Gasteiger partial charge in [0.05, 0.1) is 9.48 Å².